The third kappa shape index (κ3) is 5.32. The Labute approximate surface area is 222 Å². The van der Waals surface area contributed by atoms with Crippen LogP contribution < -0.4 is 15.0 Å². The average molecular weight is 538 g/mol. The van der Waals surface area contributed by atoms with Gasteiger partial charge in [0.15, 0.2) is 0 Å². The standard InChI is InChI=1S/C27H21Cl2N3O5/c28-22-15-18(6-10-24(22)37-25-9-5-17-3-1-2-4-20(17)26(25)29)30-27(33)21-16-19(32(34)35)7-8-23(21)31-11-13-36-14-12-31/h1-10,15-16H,11-14H2,(H,30,33). The number of nitrogens with one attached hydrogen (secondary N) is 1. The molecule has 1 N–H and O–H groups in total. The predicted molar refractivity (Wildman–Crippen MR) is 145 cm³/mol. The molecule has 10 heteroatoms. The zero-order valence-corrected chi connectivity index (χ0v) is 21.0. The van der Waals surface area contributed by atoms with E-state index >= 15 is 0 Å². The number of hydrogen-bond donors (Lipinski definition) is 1. The van der Waals surface area contributed by atoms with Gasteiger partial charge in [-0.2, -0.15) is 0 Å². The summed E-state index contributed by atoms with van der Waals surface area (Å²) in [5.74, 6) is 0.319. The van der Waals surface area contributed by atoms with Gasteiger partial charge in [-0.25, -0.2) is 0 Å². The summed E-state index contributed by atoms with van der Waals surface area (Å²) in [4.78, 5) is 26.0. The molecule has 1 fully saturated rings. The fourth-order valence-corrected chi connectivity index (χ4v) is 4.66. The van der Waals surface area contributed by atoms with Crippen molar-refractivity contribution in [3.8, 4) is 11.5 Å². The fraction of sp³-hybridized carbons (Fsp3) is 0.148. The van der Waals surface area contributed by atoms with E-state index in [4.69, 9.17) is 32.7 Å². The molecule has 0 saturated carbocycles. The van der Waals surface area contributed by atoms with Gasteiger partial charge in [-0.1, -0.05) is 53.5 Å². The SMILES string of the molecule is O=C(Nc1ccc(Oc2ccc3ccccc3c2Cl)c(Cl)c1)c1cc([N+](=O)[O-])ccc1N1CCOCC1. The van der Waals surface area contributed by atoms with Crippen LogP contribution in [0.15, 0.2) is 72.8 Å². The second-order valence-corrected chi connectivity index (χ2v) is 9.14. The maximum absolute atomic E-state index is 13.2. The van der Waals surface area contributed by atoms with E-state index in [9.17, 15) is 14.9 Å². The molecule has 5 rings (SSSR count). The molecule has 0 spiro atoms. The first kappa shape index (κ1) is 24.8. The second kappa shape index (κ2) is 10.6. The van der Waals surface area contributed by atoms with Crippen molar-refractivity contribution >= 4 is 56.9 Å². The largest absolute Gasteiger partial charge is 0.454 e. The second-order valence-electron chi connectivity index (χ2n) is 8.36. The number of anilines is 2. The van der Waals surface area contributed by atoms with Crippen molar-refractivity contribution in [2.24, 2.45) is 0 Å². The van der Waals surface area contributed by atoms with Gasteiger partial charge in [-0.15, -0.1) is 0 Å². The van der Waals surface area contributed by atoms with E-state index in [1.54, 1.807) is 30.3 Å². The molecule has 0 atom stereocenters. The minimum atomic E-state index is -0.527. The summed E-state index contributed by atoms with van der Waals surface area (Å²) in [5.41, 5.74) is 1.03. The topological polar surface area (TPSA) is 93.9 Å². The van der Waals surface area contributed by atoms with Crippen LogP contribution in [0, 0.1) is 10.1 Å². The van der Waals surface area contributed by atoms with Gasteiger partial charge >= 0.3 is 0 Å². The van der Waals surface area contributed by atoms with E-state index in [2.05, 4.69) is 5.32 Å². The number of ether oxygens (including phenoxy) is 2. The number of benzene rings is 4. The van der Waals surface area contributed by atoms with E-state index in [1.807, 2.05) is 35.2 Å². The number of amides is 1. The number of morpholine rings is 1. The van der Waals surface area contributed by atoms with Gasteiger partial charge in [0.05, 0.1) is 39.4 Å². The zero-order valence-electron chi connectivity index (χ0n) is 19.4. The Morgan fingerprint density at radius 1 is 0.973 bits per heavy atom. The summed E-state index contributed by atoms with van der Waals surface area (Å²) in [6.45, 7) is 2.17. The molecular formula is C27H21Cl2N3O5. The first-order chi connectivity index (χ1) is 17.9. The summed E-state index contributed by atoms with van der Waals surface area (Å²) in [6, 6.07) is 20.4. The molecule has 0 radical (unpaired) electrons. The maximum Gasteiger partial charge on any atom is 0.270 e. The van der Waals surface area contributed by atoms with Gasteiger partial charge in [-0.3, -0.25) is 14.9 Å². The lowest BCUT2D eigenvalue weighted by Crippen LogP contribution is -2.37. The molecule has 0 aliphatic carbocycles. The Hall–Kier alpha value is -3.85. The van der Waals surface area contributed by atoms with Gasteiger partial charge in [-0.05, 0) is 35.7 Å². The van der Waals surface area contributed by atoms with Crippen molar-refractivity contribution in [2.75, 3.05) is 36.5 Å². The first-order valence-electron chi connectivity index (χ1n) is 11.5. The summed E-state index contributed by atoms with van der Waals surface area (Å²) < 4.78 is 11.4. The van der Waals surface area contributed by atoms with Crippen LogP contribution in [0.2, 0.25) is 10.0 Å². The Balaban J connectivity index is 1.38. The van der Waals surface area contributed by atoms with Crippen molar-refractivity contribution in [1.29, 1.82) is 0 Å². The highest BCUT2D eigenvalue weighted by molar-refractivity contribution is 6.37. The summed E-state index contributed by atoms with van der Waals surface area (Å²) in [5, 5.41) is 16.7. The highest BCUT2D eigenvalue weighted by Gasteiger charge is 2.22. The first-order valence-corrected chi connectivity index (χ1v) is 12.2. The number of nitro benzene ring substituents is 1. The molecule has 8 nitrogen and oxygen atoms in total. The van der Waals surface area contributed by atoms with Crippen molar-refractivity contribution in [2.45, 2.75) is 0 Å². The summed E-state index contributed by atoms with van der Waals surface area (Å²) in [7, 11) is 0. The number of rotatable bonds is 6. The minimum absolute atomic E-state index is 0.170. The van der Waals surface area contributed by atoms with Crippen LogP contribution >= 0.6 is 23.2 Å². The monoisotopic (exact) mass is 537 g/mol. The van der Waals surface area contributed by atoms with E-state index < -0.39 is 10.8 Å². The molecule has 0 bridgehead atoms. The number of fused-ring (bicyclic) bond motifs is 1. The Morgan fingerprint density at radius 3 is 2.49 bits per heavy atom. The van der Waals surface area contributed by atoms with E-state index in [-0.39, 0.29) is 16.3 Å². The predicted octanol–water partition coefficient (Wildman–Crippen LogP) is 6.94. The highest BCUT2D eigenvalue weighted by atomic mass is 35.5. The van der Waals surface area contributed by atoms with Crippen LogP contribution in [0.4, 0.5) is 17.1 Å². The number of hydrogen-bond acceptors (Lipinski definition) is 6. The third-order valence-corrected chi connectivity index (χ3v) is 6.71. The molecule has 1 amide bonds. The van der Waals surface area contributed by atoms with Crippen molar-refractivity contribution in [3.63, 3.8) is 0 Å². The molecule has 188 valence electrons. The quantitative estimate of drug-likeness (QED) is 0.211. The van der Waals surface area contributed by atoms with Crippen LogP contribution in [0.5, 0.6) is 11.5 Å². The van der Waals surface area contributed by atoms with Crippen LogP contribution in [0.25, 0.3) is 10.8 Å². The lowest BCUT2D eigenvalue weighted by atomic mass is 10.1. The molecule has 1 heterocycles. The normalized spacial score (nSPS) is 13.4. The van der Waals surface area contributed by atoms with Gasteiger partial charge in [0.1, 0.15) is 11.5 Å². The molecule has 1 aliphatic rings. The molecule has 0 unspecified atom stereocenters. The Bertz CT molecular complexity index is 1510. The number of halogens is 2. The van der Waals surface area contributed by atoms with Gasteiger partial charge in [0.2, 0.25) is 0 Å². The molecule has 1 aliphatic heterocycles. The Kier molecular flexibility index (Phi) is 7.14. The lowest BCUT2D eigenvalue weighted by Gasteiger charge is -2.30. The van der Waals surface area contributed by atoms with Crippen LogP contribution in [-0.2, 0) is 4.74 Å². The lowest BCUT2D eigenvalue weighted by molar-refractivity contribution is -0.384. The van der Waals surface area contributed by atoms with Crippen molar-refractivity contribution < 1.29 is 19.2 Å². The fourth-order valence-electron chi connectivity index (χ4n) is 4.17. The molecule has 1 saturated heterocycles. The molecular weight excluding hydrogens is 517 g/mol. The molecule has 37 heavy (non-hydrogen) atoms. The molecule has 0 aromatic heterocycles. The molecule has 4 aromatic carbocycles. The Morgan fingerprint density at radius 2 is 1.73 bits per heavy atom. The summed E-state index contributed by atoms with van der Waals surface area (Å²) in [6.07, 6.45) is 0. The van der Waals surface area contributed by atoms with Crippen molar-refractivity contribution in [1.82, 2.24) is 0 Å². The highest BCUT2D eigenvalue weighted by Crippen LogP contribution is 2.38. The smallest absolute Gasteiger partial charge is 0.270 e. The summed E-state index contributed by atoms with van der Waals surface area (Å²) >= 11 is 13.0. The van der Waals surface area contributed by atoms with Gasteiger partial charge < -0.3 is 19.7 Å². The number of carbonyl (C=O) groups excluding carboxylic acids is 1. The van der Waals surface area contributed by atoms with E-state index in [1.165, 1.54) is 12.1 Å². The maximum atomic E-state index is 13.2. The van der Waals surface area contributed by atoms with Gasteiger partial charge in [0.25, 0.3) is 11.6 Å². The molecule has 4 aromatic rings. The number of nitrogens with zero attached hydrogens (tertiary/aromatic N) is 2. The zero-order chi connectivity index (χ0) is 25.9. The van der Waals surface area contributed by atoms with Crippen LogP contribution in [0.3, 0.4) is 0 Å². The van der Waals surface area contributed by atoms with Crippen molar-refractivity contribution in [3.05, 3.63) is 98.5 Å². The average Bonchev–Trinajstić information content (AvgIpc) is 2.92. The van der Waals surface area contributed by atoms with E-state index in [0.29, 0.717) is 54.2 Å². The number of non-ortho nitro benzene ring substituents is 1. The number of nitro groups is 1. The third-order valence-electron chi connectivity index (χ3n) is 6.02. The van der Waals surface area contributed by atoms with Gasteiger partial charge in [0, 0.05) is 36.3 Å². The number of carbonyl (C=O) groups is 1. The van der Waals surface area contributed by atoms with E-state index in [0.717, 1.165) is 10.8 Å². The minimum Gasteiger partial charge on any atom is -0.454 e. The van der Waals surface area contributed by atoms with Crippen LogP contribution in [-0.4, -0.2) is 37.1 Å². The van der Waals surface area contributed by atoms with Crippen LogP contribution in [0.1, 0.15) is 10.4 Å².